The second-order valence-corrected chi connectivity index (χ2v) is 5.07. The molecule has 0 fully saturated rings. The Morgan fingerprint density at radius 3 is 0.875 bits per heavy atom. The fourth-order valence-corrected chi connectivity index (χ4v) is 2.94. The summed E-state index contributed by atoms with van der Waals surface area (Å²) in [6.45, 7) is 0. The van der Waals surface area contributed by atoms with Gasteiger partial charge in [0.15, 0.2) is 23.3 Å². The molecule has 0 spiro atoms. The summed E-state index contributed by atoms with van der Waals surface area (Å²) >= 11 is 0. The van der Waals surface area contributed by atoms with Crippen LogP contribution in [0.25, 0.3) is 10.8 Å². The minimum atomic E-state index is -1.81. The smallest absolute Gasteiger partial charge is 0.261 e. The molecular weight excluding hydrogens is 336 g/mol. The number of amides is 4. The molecule has 2 heterocycles. The highest BCUT2D eigenvalue weighted by Crippen LogP contribution is 2.39. The van der Waals surface area contributed by atoms with Crippen molar-refractivity contribution in [2.75, 3.05) is 0 Å². The van der Waals surface area contributed by atoms with E-state index < -0.39 is 79.9 Å². The molecule has 4 amide bonds. The van der Waals surface area contributed by atoms with Crippen LogP contribution in [0, 0.1) is 23.3 Å². The van der Waals surface area contributed by atoms with E-state index in [1.54, 1.807) is 10.6 Å². The Bertz CT molecular complexity index is 914. The Morgan fingerprint density at radius 2 is 0.667 bits per heavy atom. The van der Waals surface area contributed by atoms with Gasteiger partial charge in [-0.1, -0.05) is 0 Å². The molecule has 0 aliphatic carbocycles. The molecule has 2 aromatic rings. The maximum atomic E-state index is 14.2. The molecule has 0 unspecified atom stereocenters. The number of rotatable bonds is 0. The number of nitrogens with one attached hydrogen (secondary N) is 2. The standard InChI is InChI=1S/C14H2F4N2O4/c15-7-3-1-2-5(9(7)17)13(23)20-14(24)6(2)10(18)8(16)4(1)12(22)19-11(3)21/h(H,19,21,22)(H,20,23,24). The Labute approximate surface area is 128 Å². The minimum Gasteiger partial charge on any atom is -0.288 e. The molecule has 10 heteroatoms. The number of halogens is 4. The van der Waals surface area contributed by atoms with Gasteiger partial charge in [0.25, 0.3) is 23.6 Å². The lowest BCUT2D eigenvalue weighted by molar-refractivity contribution is 0.0812. The van der Waals surface area contributed by atoms with Gasteiger partial charge in [-0.25, -0.2) is 17.6 Å². The average Bonchev–Trinajstić information content (AvgIpc) is 2.49. The van der Waals surface area contributed by atoms with Crippen LogP contribution in [0.4, 0.5) is 17.6 Å². The summed E-state index contributed by atoms with van der Waals surface area (Å²) < 4.78 is 56.8. The predicted molar refractivity (Wildman–Crippen MR) is 67.4 cm³/mol. The summed E-state index contributed by atoms with van der Waals surface area (Å²) in [4.78, 5) is 47.2. The van der Waals surface area contributed by atoms with E-state index in [0.29, 0.717) is 0 Å². The Kier molecular flexibility index (Phi) is 2.48. The SMILES string of the molecule is O=C1NC(=O)c2c(F)c(F)c3c4c(c(F)c(F)c1c24)C(=O)NC3=O. The first-order valence-electron chi connectivity index (χ1n) is 6.32. The fraction of sp³-hybridized carbons (Fsp3) is 0. The van der Waals surface area contributed by atoms with E-state index in [9.17, 15) is 36.7 Å². The summed E-state index contributed by atoms with van der Waals surface area (Å²) in [5, 5.41) is 1.48. The number of hydrogen-bond acceptors (Lipinski definition) is 4. The number of carbonyl (C=O) groups is 4. The Morgan fingerprint density at radius 1 is 0.458 bits per heavy atom. The lowest BCUT2D eigenvalue weighted by atomic mass is 9.85. The first-order chi connectivity index (χ1) is 11.3. The van der Waals surface area contributed by atoms with Crippen LogP contribution in [0.1, 0.15) is 41.4 Å². The molecule has 0 atom stereocenters. The Hall–Kier alpha value is -3.30. The Balaban J connectivity index is 2.45. The lowest BCUT2D eigenvalue weighted by Crippen LogP contribution is -2.41. The van der Waals surface area contributed by atoms with Gasteiger partial charge in [0, 0.05) is 10.8 Å². The summed E-state index contributed by atoms with van der Waals surface area (Å²) in [5.74, 6) is -12.8. The van der Waals surface area contributed by atoms with Crippen LogP contribution in [0.15, 0.2) is 0 Å². The first-order valence-corrected chi connectivity index (χ1v) is 6.32. The number of benzene rings is 2. The van der Waals surface area contributed by atoms with Gasteiger partial charge in [0.05, 0.1) is 22.3 Å². The van der Waals surface area contributed by atoms with Crippen LogP contribution in [-0.4, -0.2) is 23.6 Å². The summed E-state index contributed by atoms with van der Waals surface area (Å²) in [5.41, 5.74) is -4.32. The van der Waals surface area contributed by atoms with Crippen LogP contribution in [0.2, 0.25) is 0 Å². The summed E-state index contributed by atoms with van der Waals surface area (Å²) in [7, 11) is 0. The second-order valence-electron chi connectivity index (χ2n) is 5.07. The minimum absolute atomic E-state index is 0.810. The van der Waals surface area contributed by atoms with Crippen molar-refractivity contribution in [3.8, 4) is 0 Å². The van der Waals surface area contributed by atoms with Crippen molar-refractivity contribution in [1.29, 1.82) is 0 Å². The monoisotopic (exact) mass is 338 g/mol. The van der Waals surface area contributed by atoms with Crippen molar-refractivity contribution < 1.29 is 36.7 Å². The molecule has 0 radical (unpaired) electrons. The van der Waals surface area contributed by atoms with Crippen LogP contribution in [-0.2, 0) is 0 Å². The van der Waals surface area contributed by atoms with Crippen molar-refractivity contribution in [3.05, 3.63) is 45.5 Å². The van der Waals surface area contributed by atoms with Gasteiger partial charge in [-0.3, -0.25) is 29.8 Å². The highest BCUT2D eigenvalue weighted by Gasteiger charge is 2.42. The third-order valence-electron chi connectivity index (χ3n) is 3.88. The van der Waals surface area contributed by atoms with E-state index in [4.69, 9.17) is 0 Å². The van der Waals surface area contributed by atoms with Crippen LogP contribution in [0.5, 0.6) is 0 Å². The highest BCUT2D eigenvalue weighted by molar-refractivity contribution is 6.33. The zero-order valence-electron chi connectivity index (χ0n) is 11.1. The molecule has 2 aliphatic heterocycles. The van der Waals surface area contributed by atoms with Crippen LogP contribution in [0.3, 0.4) is 0 Å². The van der Waals surface area contributed by atoms with Crippen LogP contribution >= 0.6 is 0 Å². The molecule has 2 N–H and O–H groups in total. The third-order valence-corrected chi connectivity index (χ3v) is 3.88. The van der Waals surface area contributed by atoms with E-state index in [1.165, 1.54) is 0 Å². The topological polar surface area (TPSA) is 92.3 Å². The molecule has 4 rings (SSSR count). The second kappa shape index (κ2) is 4.16. The largest absolute Gasteiger partial charge is 0.288 e. The van der Waals surface area contributed by atoms with E-state index in [-0.39, 0.29) is 0 Å². The van der Waals surface area contributed by atoms with Crippen molar-refractivity contribution >= 4 is 34.4 Å². The highest BCUT2D eigenvalue weighted by atomic mass is 19.2. The summed E-state index contributed by atoms with van der Waals surface area (Å²) in [6, 6.07) is 0. The van der Waals surface area contributed by atoms with Crippen molar-refractivity contribution in [1.82, 2.24) is 10.6 Å². The van der Waals surface area contributed by atoms with Crippen LogP contribution < -0.4 is 10.6 Å². The van der Waals surface area contributed by atoms with Gasteiger partial charge >= 0.3 is 0 Å². The molecule has 0 aromatic heterocycles. The van der Waals surface area contributed by atoms with Crippen molar-refractivity contribution in [3.63, 3.8) is 0 Å². The van der Waals surface area contributed by atoms with Gasteiger partial charge < -0.3 is 0 Å². The molecule has 0 bridgehead atoms. The normalized spacial score (nSPS) is 15.7. The van der Waals surface area contributed by atoms with Gasteiger partial charge in [0.2, 0.25) is 0 Å². The van der Waals surface area contributed by atoms with E-state index in [0.717, 1.165) is 0 Å². The average molecular weight is 338 g/mol. The number of carbonyl (C=O) groups excluding carboxylic acids is 4. The lowest BCUT2D eigenvalue weighted by Gasteiger charge is -2.24. The maximum absolute atomic E-state index is 14.2. The molecule has 24 heavy (non-hydrogen) atoms. The van der Waals surface area contributed by atoms with Gasteiger partial charge in [-0.05, 0) is 0 Å². The van der Waals surface area contributed by atoms with Gasteiger partial charge in [0.1, 0.15) is 0 Å². The van der Waals surface area contributed by atoms with Gasteiger partial charge in [-0.2, -0.15) is 0 Å². The number of imide groups is 2. The molecule has 0 saturated carbocycles. The quantitative estimate of drug-likeness (QED) is 0.557. The zero-order chi connectivity index (χ0) is 17.5. The van der Waals surface area contributed by atoms with E-state index in [2.05, 4.69) is 0 Å². The molecule has 2 aliphatic rings. The van der Waals surface area contributed by atoms with E-state index in [1.807, 2.05) is 0 Å². The summed E-state index contributed by atoms with van der Waals surface area (Å²) in [6.07, 6.45) is 0. The predicted octanol–water partition coefficient (Wildman–Crippen LogP) is 1.16. The number of hydrogen-bond donors (Lipinski definition) is 2. The molecular formula is C14H2F4N2O4. The zero-order valence-corrected chi connectivity index (χ0v) is 11.1. The first kappa shape index (κ1) is 14.3. The maximum Gasteiger partial charge on any atom is 0.261 e. The molecule has 6 nitrogen and oxygen atoms in total. The fourth-order valence-electron chi connectivity index (χ4n) is 2.94. The molecule has 120 valence electrons. The van der Waals surface area contributed by atoms with E-state index >= 15 is 0 Å². The third kappa shape index (κ3) is 1.40. The molecule has 2 aromatic carbocycles. The van der Waals surface area contributed by atoms with Crippen molar-refractivity contribution in [2.45, 2.75) is 0 Å². The van der Waals surface area contributed by atoms with Crippen molar-refractivity contribution in [2.24, 2.45) is 0 Å². The molecule has 0 saturated heterocycles. The van der Waals surface area contributed by atoms with Gasteiger partial charge in [-0.15, -0.1) is 0 Å².